The van der Waals surface area contributed by atoms with Crippen LogP contribution in [0.4, 0.5) is 0 Å². The molecule has 0 heterocycles. The van der Waals surface area contributed by atoms with E-state index in [0.29, 0.717) is 74.6 Å². The van der Waals surface area contributed by atoms with Gasteiger partial charge in [0.05, 0.1) is 7.11 Å². The number of aromatic hydroxyl groups is 4. The summed E-state index contributed by atoms with van der Waals surface area (Å²) >= 11 is 0. The third-order valence-corrected chi connectivity index (χ3v) is 10.5. The van der Waals surface area contributed by atoms with Gasteiger partial charge in [-0.15, -0.1) is 0 Å². The zero-order chi connectivity index (χ0) is 38.6. The molecule has 1 aliphatic rings. The average molecular weight is 715 g/mol. The SMILES string of the molecule is COc1ccc(Oc2cc3c(O)c(c2)Cc2cc(C(C)(C)C)cc(c2O)Cc2cc(C(C)(C)C)cc(c2O)Cc2cc(C(C)(C)C)cc(c2O)C3)cc1. The molecule has 0 unspecified atom stereocenters. The molecule has 1 aliphatic carbocycles. The van der Waals surface area contributed by atoms with Crippen molar-refractivity contribution in [2.75, 3.05) is 7.11 Å². The van der Waals surface area contributed by atoms with Gasteiger partial charge in [-0.2, -0.15) is 0 Å². The van der Waals surface area contributed by atoms with Gasteiger partial charge >= 0.3 is 0 Å². The first-order valence-corrected chi connectivity index (χ1v) is 18.4. The zero-order valence-electron chi connectivity index (χ0n) is 32.9. The van der Waals surface area contributed by atoms with Crippen LogP contribution in [0.5, 0.6) is 40.2 Å². The topological polar surface area (TPSA) is 99.4 Å². The van der Waals surface area contributed by atoms with Gasteiger partial charge in [-0.1, -0.05) is 98.7 Å². The molecule has 5 aromatic carbocycles. The van der Waals surface area contributed by atoms with Crippen molar-refractivity contribution in [3.63, 3.8) is 0 Å². The Balaban J connectivity index is 1.64. The fraction of sp³-hybridized carbons (Fsp3) is 0.362. The quantitative estimate of drug-likeness (QED) is 0.146. The van der Waals surface area contributed by atoms with Gasteiger partial charge in [-0.05, 0) is 103 Å². The van der Waals surface area contributed by atoms with E-state index in [1.165, 1.54) is 0 Å². The van der Waals surface area contributed by atoms with Crippen LogP contribution in [-0.4, -0.2) is 27.5 Å². The highest BCUT2D eigenvalue weighted by Gasteiger charge is 2.26. The molecule has 4 N–H and O–H groups in total. The molecule has 8 bridgehead atoms. The van der Waals surface area contributed by atoms with Crippen molar-refractivity contribution in [2.24, 2.45) is 0 Å². The van der Waals surface area contributed by atoms with Gasteiger partial charge in [0.2, 0.25) is 0 Å². The number of phenolic OH excluding ortho intramolecular Hbond substituents is 4. The van der Waals surface area contributed by atoms with E-state index in [2.05, 4.69) is 62.3 Å². The van der Waals surface area contributed by atoms with Crippen LogP contribution >= 0.6 is 0 Å². The van der Waals surface area contributed by atoms with Crippen molar-refractivity contribution in [1.29, 1.82) is 0 Å². The second-order valence-electron chi connectivity index (χ2n) is 17.8. The molecule has 0 fully saturated rings. The van der Waals surface area contributed by atoms with Crippen LogP contribution in [0.25, 0.3) is 0 Å². The lowest BCUT2D eigenvalue weighted by Gasteiger charge is -2.26. The first-order valence-electron chi connectivity index (χ1n) is 18.4. The molecule has 0 spiro atoms. The van der Waals surface area contributed by atoms with E-state index in [-0.39, 0.29) is 52.1 Å². The van der Waals surface area contributed by atoms with Crippen LogP contribution in [0.1, 0.15) is 124 Å². The summed E-state index contributed by atoms with van der Waals surface area (Å²) < 4.78 is 11.7. The average Bonchev–Trinajstić information content (AvgIpc) is 3.06. The summed E-state index contributed by atoms with van der Waals surface area (Å²) in [6.45, 7) is 19.3. The molecule has 0 saturated heterocycles. The Kier molecular flexibility index (Phi) is 9.74. The lowest BCUT2D eigenvalue weighted by Crippen LogP contribution is -2.15. The molecular formula is C47H54O6. The molecule has 0 saturated carbocycles. The lowest BCUT2D eigenvalue weighted by atomic mass is 9.80. The van der Waals surface area contributed by atoms with Crippen LogP contribution in [0.2, 0.25) is 0 Å². The van der Waals surface area contributed by atoms with E-state index in [1.807, 2.05) is 72.8 Å². The van der Waals surface area contributed by atoms with Crippen molar-refractivity contribution < 1.29 is 29.9 Å². The molecule has 0 atom stereocenters. The Morgan fingerprint density at radius 2 is 0.623 bits per heavy atom. The number of methoxy groups -OCH3 is 1. The van der Waals surface area contributed by atoms with Crippen molar-refractivity contribution in [3.8, 4) is 40.2 Å². The summed E-state index contributed by atoms with van der Waals surface area (Å²) in [5, 5.41) is 47.9. The Bertz CT molecular complexity index is 2050. The summed E-state index contributed by atoms with van der Waals surface area (Å²) in [7, 11) is 1.62. The zero-order valence-corrected chi connectivity index (χ0v) is 32.9. The normalized spacial score (nSPS) is 13.5. The minimum Gasteiger partial charge on any atom is -0.507 e. The number of benzene rings is 5. The molecule has 0 aromatic heterocycles. The van der Waals surface area contributed by atoms with Crippen molar-refractivity contribution in [1.82, 2.24) is 0 Å². The van der Waals surface area contributed by atoms with Gasteiger partial charge in [0.15, 0.2) is 0 Å². The second kappa shape index (κ2) is 13.7. The van der Waals surface area contributed by atoms with Crippen LogP contribution in [0.3, 0.4) is 0 Å². The molecule has 5 aromatic rings. The monoisotopic (exact) mass is 714 g/mol. The number of fused-ring (bicyclic) bond motifs is 8. The Morgan fingerprint density at radius 1 is 0.377 bits per heavy atom. The molecule has 53 heavy (non-hydrogen) atoms. The van der Waals surface area contributed by atoms with Crippen molar-refractivity contribution in [3.05, 3.63) is 134 Å². The van der Waals surface area contributed by atoms with Crippen molar-refractivity contribution in [2.45, 2.75) is 104 Å². The van der Waals surface area contributed by atoms with Crippen LogP contribution < -0.4 is 9.47 Å². The van der Waals surface area contributed by atoms with Crippen LogP contribution in [0.15, 0.2) is 72.8 Å². The summed E-state index contributed by atoms with van der Waals surface area (Å²) in [5.74, 6) is 2.35. The molecule has 0 amide bonds. The maximum absolute atomic E-state index is 12.0. The second-order valence-corrected chi connectivity index (χ2v) is 17.8. The third-order valence-electron chi connectivity index (χ3n) is 10.5. The highest BCUT2D eigenvalue weighted by molar-refractivity contribution is 5.59. The van der Waals surface area contributed by atoms with Gasteiger partial charge in [0.1, 0.15) is 40.2 Å². The summed E-state index contributed by atoms with van der Waals surface area (Å²) in [6, 6.07) is 23.1. The number of hydrogen-bond donors (Lipinski definition) is 4. The standard InChI is InChI=1S/C47H54O6/c1-45(2,3)35-19-27-15-29-21-36(46(4,5)6)23-31(42(29)49)17-33-25-40(53-39-13-11-38(52-10)12-14-39)26-34(44(33)51)18-32-24-37(47(7,8)9)22-30(43(32)50)16-28(20-35)41(27)48/h11-14,19-26,48-51H,15-18H2,1-10H3. The van der Waals surface area contributed by atoms with E-state index in [1.54, 1.807) is 7.11 Å². The molecule has 6 rings (SSSR count). The number of phenols is 4. The highest BCUT2D eigenvalue weighted by Crippen LogP contribution is 2.43. The fourth-order valence-electron chi connectivity index (χ4n) is 7.04. The third kappa shape index (κ3) is 7.97. The van der Waals surface area contributed by atoms with E-state index in [0.717, 1.165) is 16.7 Å². The van der Waals surface area contributed by atoms with Crippen molar-refractivity contribution >= 4 is 0 Å². The number of hydrogen-bond acceptors (Lipinski definition) is 6. The molecule has 6 nitrogen and oxygen atoms in total. The Labute approximate surface area is 314 Å². The summed E-state index contributed by atoms with van der Waals surface area (Å²) in [6.07, 6.45) is 1.03. The van der Waals surface area contributed by atoms with Gasteiger partial charge in [-0.3, -0.25) is 0 Å². The molecular weight excluding hydrogens is 661 g/mol. The first kappa shape index (κ1) is 37.7. The molecule has 278 valence electrons. The maximum Gasteiger partial charge on any atom is 0.128 e. The molecule has 0 radical (unpaired) electrons. The molecule has 0 aliphatic heterocycles. The number of ether oxygens (including phenoxy) is 2. The largest absolute Gasteiger partial charge is 0.507 e. The van der Waals surface area contributed by atoms with Gasteiger partial charge in [0, 0.05) is 36.8 Å². The van der Waals surface area contributed by atoms with Crippen LogP contribution in [-0.2, 0) is 41.9 Å². The summed E-state index contributed by atoms with van der Waals surface area (Å²) in [4.78, 5) is 0. The van der Waals surface area contributed by atoms with E-state index >= 15 is 0 Å². The van der Waals surface area contributed by atoms with Gasteiger partial charge in [-0.25, -0.2) is 0 Å². The predicted octanol–water partition coefficient (Wildman–Crippen LogP) is 10.9. The minimum atomic E-state index is -0.240. The van der Waals surface area contributed by atoms with Crippen LogP contribution in [0, 0.1) is 0 Å². The Morgan fingerprint density at radius 3 is 0.868 bits per heavy atom. The predicted molar refractivity (Wildman–Crippen MR) is 213 cm³/mol. The highest BCUT2D eigenvalue weighted by atomic mass is 16.5. The van der Waals surface area contributed by atoms with Gasteiger partial charge < -0.3 is 29.9 Å². The minimum absolute atomic E-state index is 0.0843. The smallest absolute Gasteiger partial charge is 0.128 e. The maximum atomic E-state index is 12.0. The summed E-state index contributed by atoms with van der Waals surface area (Å²) in [5.41, 5.74) is 7.71. The van der Waals surface area contributed by atoms with E-state index in [9.17, 15) is 20.4 Å². The van der Waals surface area contributed by atoms with E-state index < -0.39 is 0 Å². The fourth-order valence-corrected chi connectivity index (χ4v) is 7.04. The molecule has 6 heteroatoms. The first-order chi connectivity index (χ1) is 24.7. The Hall–Kier alpha value is -5.10. The lowest BCUT2D eigenvalue weighted by molar-refractivity contribution is 0.412. The van der Waals surface area contributed by atoms with E-state index in [4.69, 9.17) is 9.47 Å². The number of rotatable bonds is 3. The van der Waals surface area contributed by atoms with Gasteiger partial charge in [0.25, 0.3) is 0 Å².